The van der Waals surface area contributed by atoms with E-state index in [9.17, 15) is 9.59 Å². The van der Waals surface area contributed by atoms with E-state index in [-0.39, 0.29) is 18.1 Å². The van der Waals surface area contributed by atoms with Gasteiger partial charge in [-0.15, -0.1) is 0 Å². The smallest absolute Gasteiger partial charge is 0.261 e. The lowest BCUT2D eigenvalue weighted by Crippen LogP contribution is -2.40. The highest BCUT2D eigenvalue weighted by Crippen LogP contribution is 2.34. The number of halogens is 1. The van der Waals surface area contributed by atoms with Crippen molar-refractivity contribution >= 4 is 34.2 Å². The molecule has 6 heteroatoms. The van der Waals surface area contributed by atoms with Crippen LogP contribution in [0.3, 0.4) is 0 Å². The van der Waals surface area contributed by atoms with Gasteiger partial charge in [0.05, 0.1) is 0 Å². The Balaban J connectivity index is 1.34. The van der Waals surface area contributed by atoms with Gasteiger partial charge in [-0.3, -0.25) is 14.5 Å². The van der Waals surface area contributed by atoms with Crippen LogP contribution in [-0.4, -0.2) is 42.8 Å². The number of nitrogens with zero attached hydrogens (tertiary/aromatic N) is 1. The van der Waals surface area contributed by atoms with Crippen molar-refractivity contribution in [3.8, 4) is 0 Å². The van der Waals surface area contributed by atoms with Crippen LogP contribution in [-0.2, 0) is 9.47 Å². The third-order valence-electron chi connectivity index (χ3n) is 5.41. The molecule has 1 fully saturated rings. The molecule has 148 valence electrons. The minimum Gasteiger partial charge on any atom is -0.353 e. The molecular formula is C22H24ClNO4. The maximum Gasteiger partial charge on any atom is 0.261 e. The summed E-state index contributed by atoms with van der Waals surface area (Å²) in [7, 11) is 0. The number of rotatable bonds is 7. The fraction of sp³-hybridized carbons (Fsp3) is 0.455. The van der Waals surface area contributed by atoms with E-state index in [1.807, 2.05) is 12.1 Å². The van der Waals surface area contributed by atoms with Crippen LogP contribution in [0.4, 0.5) is 0 Å². The Labute approximate surface area is 169 Å². The van der Waals surface area contributed by atoms with E-state index >= 15 is 0 Å². The second-order valence-corrected chi connectivity index (χ2v) is 7.72. The molecule has 28 heavy (non-hydrogen) atoms. The molecule has 2 aliphatic rings. The van der Waals surface area contributed by atoms with Gasteiger partial charge < -0.3 is 9.47 Å². The average Bonchev–Trinajstić information content (AvgIpc) is 2.72. The van der Waals surface area contributed by atoms with Gasteiger partial charge in [0.1, 0.15) is 0 Å². The van der Waals surface area contributed by atoms with E-state index in [1.54, 1.807) is 18.2 Å². The predicted octanol–water partition coefficient (Wildman–Crippen LogP) is 4.80. The Hall–Kier alpha value is -1.95. The van der Waals surface area contributed by atoms with E-state index in [1.165, 1.54) is 4.90 Å². The molecule has 5 nitrogen and oxygen atoms in total. The number of amides is 2. The maximum atomic E-state index is 12.9. The third kappa shape index (κ3) is 3.79. The standard InChI is InChI=1S/C22H24ClNO4/c23-18-11-10-17-20-15(18)7-6-8-16(20)21(25)24(22(17)26)12-3-1-4-13-27-19-9-2-5-14-28-19/h6-8,10-11,19H,1-5,9,12-14H2. The first-order valence-electron chi connectivity index (χ1n) is 9.97. The first-order chi connectivity index (χ1) is 13.7. The van der Waals surface area contributed by atoms with Gasteiger partial charge in [0.2, 0.25) is 0 Å². The third-order valence-corrected chi connectivity index (χ3v) is 5.74. The van der Waals surface area contributed by atoms with Crippen LogP contribution in [0, 0.1) is 0 Å². The Morgan fingerprint density at radius 1 is 1.04 bits per heavy atom. The molecule has 2 aliphatic heterocycles. The molecular weight excluding hydrogens is 378 g/mol. The monoisotopic (exact) mass is 401 g/mol. The van der Waals surface area contributed by atoms with Gasteiger partial charge in [-0.1, -0.05) is 23.7 Å². The Kier molecular flexibility index (Phi) is 5.95. The first kappa shape index (κ1) is 19.4. The van der Waals surface area contributed by atoms with Crippen molar-refractivity contribution < 1.29 is 19.1 Å². The summed E-state index contributed by atoms with van der Waals surface area (Å²) in [5.41, 5.74) is 1.10. The minimum absolute atomic E-state index is 0.0668. The van der Waals surface area contributed by atoms with Gasteiger partial charge in [0.15, 0.2) is 6.29 Å². The minimum atomic E-state index is -0.239. The first-order valence-corrected chi connectivity index (χ1v) is 10.4. The maximum absolute atomic E-state index is 12.9. The van der Waals surface area contributed by atoms with Crippen molar-refractivity contribution in [1.29, 1.82) is 0 Å². The molecule has 2 amide bonds. The summed E-state index contributed by atoms with van der Waals surface area (Å²) in [5, 5.41) is 1.97. The summed E-state index contributed by atoms with van der Waals surface area (Å²) < 4.78 is 11.3. The topological polar surface area (TPSA) is 55.8 Å². The highest BCUT2D eigenvalue weighted by molar-refractivity contribution is 6.38. The van der Waals surface area contributed by atoms with Crippen LogP contribution >= 0.6 is 11.6 Å². The van der Waals surface area contributed by atoms with E-state index in [0.717, 1.165) is 50.5 Å². The summed E-state index contributed by atoms with van der Waals surface area (Å²) in [4.78, 5) is 27.1. The van der Waals surface area contributed by atoms with Gasteiger partial charge in [0.25, 0.3) is 11.8 Å². The molecule has 2 aromatic carbocycles. The highest BCUT2D eigenvalue weighted by Gasteiger charge is 2.32. The van der Waals surface area contributed by atoms with Crippen LogP contribution in [0.1, 0.15) is 59.2 Å². The average molecular weight is 402 g/mol. The summed E-state index contributed by atoms with van der Waals surface area (Å²) in [6.45, 7) is 1.84. The fourth-order valence-electron chi connectivity index (χ4n) is 3.92. The van der Waals surface area contributed by atoms with Crippen molar-refractivity contribution in [3.05, 3.63) is 46.5 Å². The lowest BCUT2D eigenvalue weighted by atomic mass is 9.94. The number of benzene rings is 2. The summed E-state index contributed by atoms with van der Waals surface area (Å²) in [5.74, 6) is -0.477. The molecule has 0 aromatic heterocycles. The predicted molar refractivity (Wildman–Crippen MR) is 108 cm³/mol. The molecule has 4 rings (SSSR count). The molecule has 0 aliphatic carbocycles. The van der Waals surface area contributed by atoms with Gasteiger partial charge >= 0.3 is 0 Å². The van der Waals surface area contributed by atoms with Gasteiger partial charge in [-0.25, -0.2) is 0 Å². The van der Waals surface area contributed by atoms with Crippen LogP contribution in [0.25, 0.3) is 10.8 Å². The van der Waals surface area contributed by atoms with Crippen molar-refractivity contribution in [1.82, 2.24) is 4.90 Å². The van der Waals surface area contributed by atoms with Crippen LogP contribution < -0.4 is 0 Å². The Morgan fingerprint density at radius 2 is 1.86 bits per heavy atom. The second-order valence-electron chi connectivity index (χ2n) is 7.31. The van der Waals surface area contributed by atoms with E-state index in [0.29, 0.717) is 34.7 Å². The number of unbranched alkanes of at least 4 members (excludes halogenated alkanes) is 2. The quantitative estimate of drug-likeness (QED) is 0.493. The van der Waals surface area contributed by atoms with Gasteiger partial charge in [-0.2, -0.15) is 0 Å². The Bertz CT molecular complexity index is 869. The summed E-state index contributed by atoms with van der Waals surface area (Å²) in [6.07, 6.45) is 5.70. The second kappa shape index (κ2) is 8.60. The van der Waals surface area contributed by atoms with Crippen LogP contribution in [0.2, 0.25) is 5.02 Å². The van der Waals surface area contributed by atoms with Crippen LogP contribution in [0.5, 0.6) is 0 Å². The summed E-state index contributed by atoms with van der Waals surface area (Å²) >= 11 is 6.25. The van der Waals surface area contributed by atoms with E-state index in [2.05, 4.69) is 0 Å². The fourth-order valence-corrected chi connectivity index (χ4v) is 4.14. The largest absolute Gasteiger partial charge is 0.353 e. The molecule has 1 unspecified atom stereocenters. The molecule has 0 bridgehead atoms. The zero-order valence-corrected chi connectivity index (χ0v) is 16.5. The van der Waals surface area contributed by atoms with Crippen LogP contribution in [0.15, 0.2) is 30.3 Å². The molecule has 2 aromatic rings. The number of hydrogen-bond acceptors (Lipinski definition) is 4. The van der Waals surface area contributed by atoms with Gasteiger partial charge in [0, 0.05) is 46.7 Å². The van der Waals surface area contributed by atoms with E-state index < -0.39 is 0 Å². The van der Waals surface area contributed by atoms with E-state index in [4.69, 9.17) is 21.1 Å². The summed E-state index contributed by atoms with van der Waals surface area (Å²) in [6, 6.07) is 8.86. The van der Waals surface area contributed by atoms with Crippen molar-refractivity contribution in [2.75, 3.05) is 19.8 Å². The lowest BCUT2D eigenvalue weighted by Gasteiger charge is -2.27. The SMILES string of the molecule is O=C1c2cccc3c(Cl)ccc(c23)C(=O)N1CCCCCOC1CCCCO1. The normalized spacial score (nSPS) is 19.5. The molecule has 0 spiro atoms. The zero-order chi connectivity index (χ0) is 19.5. The van der Waals surface area contributed by atoms with Crippen molar-refractivity contribution in [2.24, 2.45) is 0 Å². The van der Waals surface area contributed by atoms with Crippen molar-refractivity contribution in [3.63, 3.8) is 0 Å². The highest BCUT2D eigenvalue weighted by atomic mass is 35.5. The number of ether oxygens (including phenoxy) is 2. The molecule has 2 heterocycles. The van der Waals surface area contributed by atoms with Gasteiger partial charge in [-0.05, 0) is 56.7 Å². The number of carbonyl (C=O) groups excluding carboxylic acids is 2. The number of imide groups is 1. The van der Waals surface area contributed by atoms with Crippen molar-refractivity contribution in [2.45, 2.75) is 44.8 Å². The molecule has 0 saturated carbocycles. The zero-order valence-electron chi connectivity index (χ0n) is 15.8. The molecule has 0 radical (unpaired) electrons. The lowest BCUT2D eigenvalue weighted by molar-refractivity contribution is -0.162. The Morgan fingerprint density at radius 3 is 2.64 bits per heavy atom. The number of hydrogen-bond donors (Lipinski definition) is 0. The number of carbonyl (C=O) groups is 2. The molecule has 1 atom stereocenters. The molecule has 0 N–H and O–H groups in total. The molecule has 1 saturated heterocycles.